The molecule has 0 fully saturated rings. The normalized spacial score (nSPS) is 13.2. The van der Waals surface area contributed by atoms with Crippen LogP contribution in [0, 0.1) is 5.92 Å². The number of hydrogen-bond donors (Lipinski definition) is 1. The third-order valence-electron chi connectivity index (χ3n) is 3.74. The van der Waals surface area contributed by atoms with Crippen LogP contribution in [-0.2, 0) is 9.53 Å². The SMILES string of the molecule is C=C(C[C@H](C(=O)c1ccccc1)[C@H](O)CCCC)C(=O)OCC. The molecule has 0 spiro atoms. The van der Waals surface area contributed by atoms with Crippen molar-refractivity contribution < 1.29 is 19.4 Å². The van der Waals surface area contributed by atoms with Crippen molar-refractivity contribution >= 4 is 11.8 Å². The van der Waals surface area contributed by atoms with Crippen molar-refractivity contribution in [1.82, 2.24) is 0 Å². The van der Waals surface area contributed by atoms with Crippen molar-refractivity contribution in [3.63, 3.8) is 0 Å². The van der Waals surface area contributed by atoms with E-state index >= 15 is 0 Å². The molecular formula is C19H26O4. The molecule has 0 aliphatic carbocycles. The maximum absolute atomic E-state index is 12.7. The second-order valence-electron chi connectivity index (χ2n) is 5.57. The molecule has 1 N–H and O–H groups in total. The molecule has 0 radical (unpaired) electrons. The van der Waals surface area contributed by atoms with Crippen molar-refractivity contribution in [2.24, 2.45) is 5.92 Å². The second-order valence-corrected chi connectivity index (χ2v) is 5.57. The molecular weight excluding hydrogens is 292 g/mol. The first-order valence-electron chi connectivity index (χ1n) is 8.13. The van der Waals surface area contributed by atoms with Crippen LogP contribution in [-0.4, -0.2) is 29.6 Å². The molecule has 4 nitrogen and oxygen atoms in total. The van der Waals surface area contributed by atoms with Gasteiger partial charge >= 0.3 is 5.97 Å². The van der Waals surface area contributed by atoms with Crippen LogP contribution in [0.1, 0.15) is 49.9 Å². The summed E-state index contributed by atoms with van der Waals surface area (Å²) >= 11 is 0. The summed E-state index contributed by atoms with van der Waals surface area (Å²) in [4.78, 5) is 24.5. The van der Waals surface area contributed by atoms with Crippen LogP contribution in [0.4, 0.5) is 0 Å². The van der Waals surface area contributed by atoms with Gasteiger partial charge in [0, 0.05) is 11.1 Å². The molecule has 1 aromatic rings. The lowest BCUT2D eigenvalue weighted by molar-refractivity contribution is -0.138. The smallest absolute Gasteiger partial charge is 0.333 e. The first-order chi connectivity index (χ1) is 11.0. The summed E-state index contributed by atoms with van der Waals surface area (Å²) in [7, 11) is 0. The highest BCUT2D eigenvalue weighted by Crippen LogP contribution is 2.24. The van der Waals surface area contributed by atoms with E-state index in [4.69, 9.17) is 4.74 Å². The van der Waals surface area contributed by atoms with Crippen molar-refractivity contribution in [2.45, 2.75) is 45.6 Å². The van der Waals surface area contributed by atoms with Crippen LogP contribution in [0.5, 0.6) is 0 Å². The Balaban J connectivity index is 2.90. The Bertz CT molecular complexity index is 521. The van der Waals surface area contributed by atoms with Crippen molar-refractivity contribution in [3.8, 4) is 0 Å². The minimum Gasteiger partial charge on any atom is -0.463 e. The monoisotopic (exact) mass is 318 g/mol. The van der Waals surface area contributed by atoms with Crippen LogP contribution >= 0.6 is 0 Å². The van der Waals surface area contributed by atoms with E-state index in [0.29, 0.717) is 12.0 Å². The highest BCUT2D eigenvalue weighted by atomic mass is 16.5. The number of carbonyl (C=O) groups is 2. The molecule has 0 aromatic heterocycles. The molecule has 0 aliphatic rings. The minimum atomic E-state index is -0.797. The predicted octanol–water partition coefficient (Wildman–Crippen LogP) is 3.55. The van der Waals surface area contributed by atoms with Crippen LogP contribution in [0.25, 0.3) is 0 Å². The Morgan fingerprint density at radius 1 is 1.22 bits per heavy atom. The highest BCUT2D eigenvalue weighted by molar-refractivity contribution is 5.99. The number of benzene rings is 1. The first kappa shape index (κ1) is 19.1. The van der Waals surface area contributed by atoms with Gasteiger partial charge in [-0.2, -0.15) is 0 Å². The van der Waals surface area contributed by atoms with Gasteiger partial charge in [-0.05, 0) is 19.8 Å². The number of aliphatic hydroxyl groups is 1. The lowest BCUT2D eigenvalue weighted by atomic mass is 9.85. The molecule has 0 heterocycles. The predicted molar refractivity (Wildman–Crippen MR) is 90.2 cm³/mol. The van der Waals surface area contributed by atoms with Gasteiger partial charge in [-0.1, -0.05) is 56.7 Å². The average molecular weight is 318 g/mol. The summed E-state index contributed by atoms with van der Waals surface area (Å²) in [5.74, 6) is -1.36. The maximum atomic E-state index is 12.7. The number of carbonyl (C=O) groups excluding carboxylic acids is 2. The maximum Gasteiger partial charge on any atom is 0.333 e. The fourth-order valence-electron chi connectivity index (χ4n) is 2.42. The van der Waals surface area contributed by atoms with Crippen molar-refractivity contribution in [2.75, 3.05) is 6.61 Å². The van der Waals surface area contributed by atoms with Crippen LogP contribution < -0.4 is 0 Å². The van der Waals surface area contributed by atoms with Crippen LogP contribution in [0.3, 0.4) is 0 Å². The van der Waals surface area contributed by atoms with Gasteiger partial charge in [0.15, 0.2) is 5.78 Å². The number of Topliss-reactive ketones (excluding diaryl/α,β-unsaturated/α-hetero) is 1. The van der Waals surface area contributed by atoms with E-state index in [-0.39, 0.29) is 24.4 Å². The number of ether oxygens (including phenoxy) is 1. The highest BCUT2D eigenvalue weighted by Gasteiger charge is 2.29. The number of esters is 1. The number of aliphatic hydroxyl groups excluding tert-OH is 1. The zero-order valence-electron chi connectivity index (χ0n) is 14.0. The topological polar surface area (TPSA) is 63.6 Å². The van der Waals surface area contributed by atoms with Gasteiger partial charge < -0.3 is 9.84 Å². The average Bonchev–Trinajstić information content (AvgIpc) is 2.57. The standard InChI is InChI=1S/C19H26O4/c1-4-6-12-17(20)16(13-14(3)19(22)23-5-2)18(21)15-10-8-7-9-11-15/h7-11,16-17,20H,3-6,12-13H2,1-2H3/t16-,17+/m0/s1. The fourth-order valence-corrected chi connectivity index (χ4v) is 2.42. The van der Waals surface area contributed by atoms with Gasteiger partial charge in [0.1, 0.15) is 0 Å². The summed E-state index contributed by atoms with van der Waals surface area (Å²) in [5, 5.41) is 10.4. The number of hydrogen-bond acceptors (Lipinski definition) is 4. The van der Waals surface area contributed by atoms with E-state index in [2.05, 4.69) is 6.58 Å². The summed E-state index contributed by atoms with van der Waals surface area (Å²) in [6.07, 6.45) is 1.59. The molecule has 0 unspecified atom stereocenters. The number of ketones is 1. The molecule has 4 heteroatoms. The Kier molecular flexibility index (Phi) is 8.27. The third kappa shape index (κ3) is 5.99. The first-order valence-corrected chi connectivity index (χ1v) is 8.13. The van der Waals surface area contributed by atoms with Crippen molar-refractivity contribution in [3.05, 3.63) is 48.0 Å². The molecule has 0 saturated carbocycles. The van der Waals surface area contributed by atoms with E-state index in [9.17, 15) is 14.7 Å². The van der Waals surface area contributed by atoms with E-state index in [1.54, 1.807) is 31.2 Å². The zero-order valence-corrected chi connectivity index (χ0v) is 14.0. The lowest BCUT2D eigenvalue weighted by Crippen LogP contribution is -2.30. The summed E-state index contributed by atoms with van der Waals surface area (Å²) < 4.78 is 4.92. The van der Waals surface area contributed by atoms with Gasteiger partial charge in [0.2, 0.25) is 0 Å². The van der Waals surface area contributed by atoms with Crippen molar-refractivity contribution in [1.29, 1.82) is 0 Å². The Labute approximate surface area is 138 Å². The molecule has 0 saturated heterocycles. The van der Waals surface area contributed by atoms with Gasteiger partial charge in [0.05, 0.1) is 18.6 Å². The molecule has 126 valence electrons. The fraction of sp³-hybridized carbons (Fsp3) is 0.474. The Hall–Kier alpha value is -1.94. The van der Waals surface area contributed by atoms with Gasteiger partial charge in [-0.15, -0.1) is 0 Å². The minimum absolute atomic E-state index is 0.109. The van der Waals surface area contributed by atoms with E-state index in [0.717, 1.165) is 12.8 Å². The summed E-state index contributed by atoms with van der Waals surface area (Å²) in [5.41, 5.74) is 0.751. The molecule has 23 heavy (non-hydrogen) atoms. The van der Waals surface area contributed by atoms with Crippen LogP contribution in [0.2, 0.25) is 0 Å². The summed E-state index contributed by atoms with van der Waals surface area (Å²) in [6, 6.07) is 8.83. The molecule has 1 aromatic carbocycles. The quantitative estimate of drug-likeness (QED) is 0.407. The van der Waals surface area contributed by atoms with Gasteiger partial charge in [0.25, 0.3) is 0 Å². The molecule has 2 atom stereocenters. The number of rotatable bonds is 10. The lowest BCUT2D eigenvalue weighted by Gasteiger charge is -2.22. The third-order valence-corrected chi connectivity index (χ3v) is 3.74. The Morgan fingerprint density at radius 3 is 2.43 bits per heavy atom. The van der Waals surface area contributed by atoms with Gasteiger partial charge in [-0.3, -0.25) is 4.79 Å². The molecule has 1 rings (SSSR count). The molecule has 0 amide bonds. The number of unbranched alkanes of at least 4 members (excludes halogenated alkanes) is 1. The van der Waals surface area contributed by atoms with E-state index in [1.807, 2.05) is 13.0 Å². The van der Waals surface area contributed by atoms with E-state index in [1.165, 1.54) is 0 Å². The zero-order chi connectivity index (χ0) is 17.2. The van der Waals surface area contributed by atoms with E-state index < -0.39 is 18.0 Å². The molecule has 0 bridgehead atoms. The summed E-state index contributed by atoms with van der Waals surface area (Å²) in [6.45, 7) is 7.71. The van der Waals surface area contributed by atoms with Gasteiger partial charge in [-0.25, -0.2) is 4.79 Å². The second kappa shape index (κ2) is 9.95. The largest absolute Gasteiger partial charge is 0.463 e. The Morgan fingerprint density at radius 2 is 1.87 bits per heavy atom. The van der Waals surface area contributed by atoms with Crippen LogP contribution in [0.15, 0.2) is 42.5 Å². The molecule has 0 aliphatic heterocycles.